The number of Topliss-reactive ketones (excluding diaryl/α,β-unsaturated/α-hetero) is 2. The maximum Gasteiger partial charge on any atom is 0.237 e. The number of nitrogens with two attached hydrogens (primary N) is 2. The number of fused-ring (bicyclic) bond motifs is 1. The lowest BCUT2D eigenvalue weighted by atomic mass is 9.74. The van der Waals surface area contributed by atoms with Gasteiger partial charge in [-0.25, -0.2) is 0 Å². The number of carbonyl (C=O) groups is 3. The zero-order valence-electron chi connectivity index (χ0n) is 27.2. The SMILES string of the molecule is C[C@H](O)[C@@H](NC(=O)[C@@H](N)Cc1ccc(O)cc1)C(=O)C1CNCCN1CC=CC1(C(=O)[C@@H](N)Cc2c[nH]c3ccccc23)C=CC=CC1. The Morgan fingerprint density at radius 3 is 2.58 bits per heavy atom. The van der Waals surface area contributed by atoms with E-state index in [0.717, 1.165) is 22.0 Å². The Balaban J connectivity index is 1.25. The standard InChI is InChI=1S/C37H46N6O5/c1-24(44)33(42-36(48)30(39)20-25-10-12-27(45)13-11-25)34(46)32-23-40-17-19-43(32)18-7-16-37(14-5-2-6-15-37)35(47)29(38)21-26-22-41-31-9-4-3-8-28(26)31/h2-14,16,22,24,29-30,32-33,40-41,44-45H,15,17-21,23,38-39H2,1H3,(H,42,48)/t24-,29-,30-,32?,33+,37?/m0/s1. The summed E-state index contributed by atoms with van der Waals surface area (Å²) >= 11 is 0. The summed E-state index contributed by atoms with van der Waals surface area (Å²) < 4.78 is 0. The number of nitrogens with one attached hydrogen (secondary N) is 3. The molecule has 2 aliphatic rings. The van der Waals surface area contributed by atoms with Gasteiger partial charge in [0.2, 0.25) is 5.91 Å². The third-order valence-electron chi connectivity index (χ3n) is 9.26. The lowest BCUT2D eigenvalue weighted by Gasteiger charge is -2.37. The monoisotopic (exact) mass is 654 g/mol. The molecule has 5 rings (SSSR count). The van der Waals surface area contributed by atoms with Gasteiger partial charge in [-0.05, 0) is 55.5 Å². The highest BCUT2D eigenvalue weighted by Crippen LogP contribution is 2.33. The summed E-state index contributed by atoms with van der Waals surface area (Å²) in [5, 5.41) is 27.1. The van der Waals surface area contributed by atoms with Crippen molar-refractivity contribution in [3.8, 4) is 5.75 Å². The summed E-state index contributed by atoms with van der Waals surface area (Å²) in [6.07, 6.45) is 13.3. The molecule has 1 amide bonds. The summed E-state index contributed by atoms with van der Waals surface area (Å²) in [5.74, 6) is -0.865. The Labute approximate surface area is 280 Å². The van der Waals surface area contributed by atoms with Crippen LogP contribution < -0.4 is 22.1 Å². The fourth-order valence-electron chi connectivity index (χ4n) is 6.52. The predicted octanol–water partition coefficient (Wildman–Crippen LogP) is 1.65. The molecule has 2 unspecified atom stereocenters. The number of piperazine rings is 1. The second kappa shape index (κ2) is 15.7. The average Bonchev–Trinajstić information content (AvgIpc) is 3.50. The van der Waals surface area contributed by atoms with E-state index in [-0.39, 0.29) is 23.7 Å². The van der Waals surface area contributed by atoms with E-state index < -0.39 is 41.6 Å². The molecule has 1 fully saturated rings. The number of aromatic nitrogens is 1. The van der Waals surface area contributed by atoms with Crippen LogP contribution in [-0.2, 0) is 27.2 Å². The van der Waals surface area contributed by atoms with Crippen molar-refractivity contribution >= 4 is 28.4 Å². The van der Waals surface area contributed by atoms with Crippen molar-refractivity contribution < 1.29 is 24.6 Å². The maximum atomic E-state index is 14.0. The van der Waals surface area contributed by atoms with E-state index in [1.807, 2.05) is 71.8 Å². The fourth-order valence-corrected chi connectivity index (χ4v) is 6.52. The molecule has 1 aromatic heterocycles. The number of para-hydroxylation sites is 1. The molecule has 0 radical (unpaired) electrons. The van der Waals surface area contributed by atoms with Crippen molar-refractivity contribution in [1.82, 2.24) is 20.5 Å². The number of allylic oxidation sites excluding steroid dienone is 5. The van der Waals surface area contributed by atoms with Crippen LogP contribution in [0.15, 0.2) is 91.2 Å². The fraction of sp³-hybridized carbons (Fsp3) is 0.378. The summed E-state index contributed by atoms with van der Waals surface area (Å²) in [7, 11) is 0. The van der Waals surface area contributed by atoms with Crippen molar-refractivity contribution in [2.24, 2.45) is 16.9 Å². The van der Waals surface area contributed by atoms with E-state index in [2.05, 4.69) is 15.6 Å². The lowest BCUT2D eigenvalue weighted by molar-refractivity contribution is -0.134. The topological polar surface area (TPSA) is 187 Å². The molecule has 2 aromatic carbocycles. The first-order valence-electron chi connectivity index (χ1n) is 16.5. The van der Waals surface area contributed by atoms with Gasteiger partial charge in [-0.15, -0.1) is 0 Å². The number of hydrogen-bond acceptors (Lipinski definition) is 9. The van der Waals surface area contributed by atoms with Crippen LogP contribution in [0.25, 0.3) is 10.9 Å². The molecule has 1 aliphatic carbocycles. The van der Waals surface area contributed by atoms with E-state index >= 15 is 0 Å². The molecule has 0 spiro atoms. The number of rotatable bonds is 14. The van der Waals surface area contributed by atoms with Crippen LogP contribution in [0.1, 0.15) is 24.5 Å². The number of aromatic amines is 1. The van der Waals surface area contributed by atoms with Crippen LogP contribution in [0.2, 0.25) is 0 Å². The number of nitrogens with zero attached hydrogens (tertiary/aromatic N) is 1. The first-order chi connectivity index (χ1) is 23.1. The van der Waals surface area contributed by atoms with E-state index in [4.69, 9.17) is 11.5 Å². The molecule has 9 N–H and O–H groups in total. The Hall–Kier alpha value is -4.39. The molecule has 1 aliphatic heterocycles. The molecule has 48 heavy (non-hydrogen) atoms. The maximum absolute atomic E-state index is 14.0. The molecule has 3 aromatic rings. The highest BCUT2D eigenvalue weighted by atomic mass is 16.3. The average molecular weight is 655 g/mol. The molecule has 254 valence electrons. The van der Waals surface area contributed by atoms with E-state index in [0.29, 0.717) is 39.0 Å². The van der Waals surface area contributed by atoms with Crippen molar-refractivity contribution in [2.45, 2.75) is 56.5 Å². The molecule has 11 nitrogen and oxygen atoms in total. The number of amides is 1. The van der Waals surface area contributed by atoms with E-state index in [1.54, 1.807) is 12.1 Å². The number of phenols is 1. The van der Waals surface area contributed by atoms with Gasteiger partial charge in [-0.3, -0.25) is 19.3 Å². The second-order valence-corrected chi connectivity index (χ2v) is 12.8. The third kappa shape index (κ3) is 8.18. The highest BCUT2D eigenvalue weighted by Gasteiger charge is 2.38. The van der Waals surface area contributed by atoms with Crippen LogP contribution in [-0.4, -0.2) is 94.0 Å². The second-order valence-electron chi connectivity index (χ2n) is 12.8. The third-order valence-corrected chi connectivity index (χ3v) is 9.26. The molecule has 2 heterocycles. The summed E-state index contributed by atoms with van der Waals surface area (Å²) in [5.41, 5.74) is 14.5. The van der Waals surface area contributed by atoms with E-state index in [9.17, 15) is 24.6 Å². The minimum atomic E-state index is -1.17. The number of aliphatic hydroxyl groups is 1. The van der Waals surface area contributed by atoms with Crippen molar-refractivity contribution in [3.05, 3.63) is 102 Å². The molecule has 0 saturated carbocycles. The number of carbonyl (C=O) groups excluding carboxylic acids is 3. The van der Waals surface area contributed by atoms with Crippen molar-refractivity contribution in [2.75, 3.05) is 26.2 Å². The first-order valence-corrected chi connectivity index (χ1v) is 16.5. The number of phenolic OH excluding ortho intramolecular Hbond substituents is 1. The summed E-state index contributed by atoms with van der Waals surface area (Å²) in [6.45, 7) is 3.39. The van der Waals surface area contributed by atoms with Gasteiger partial charge < -0.3 is 37.3 Å². The minimum Gasteiger partial charge on any atom is -0.508 e. The smallest absolute Gasteiger partial charge is 0.237 e. The number of ketones is 2. The van der Waals surface area contributed by atoms with Gasteiger partial charge in [0.15, 0.2) is 11.6 Å². The molecule has 6 atom stereocenters. The van der Waals surface area contributed by atoms with Crippen LogP contribution in [0.4, 0.5) is 0 Å². The van der Waals surface area contributed by atoms with Gasteiger partial charge in [-0.1, -0.05) is 66.8 Å². The highest BCUT2D eigenvalue weighted by molar-refractivity contribution is 5.95. The van der Waals surface area contributed by atoms with Crippen LogP contribution >= 0.6 is 0 Å². The summed E-state index contributed by atoms with van der Waals surface area (Å²) in [4.78, 5) is 46.0. The van der Waals surface area contributed by atoms with Gasteiger partial charge >= 0.3 is 0 Å². The van der Waals surface area contributed by atoms with Crippen LogP contribution in [0.3, 0.4) is 0 Å². The Kier molecular flexibility index (Phi) is 11.4. The van der Waals surface area contributed by atoms with Gasteiger partial charge in [0.25, 0.3) is 0 Å². The van der Waals surface area contributed by atoms with Gasteiger partial charge in [0.05, 0.1) is 29.6 Å². The van der Waals surface area contributed by atoms with Crippen LogP contribution in [0, 0.1) is 5.41 Å². The number of aromatic hydroxyl groups is 1. The molecule has 11 heteroatoms. The number of aliphatic hydroxyl groups excluding tert-OH is 1. The van der Waals surface area contributed by atoms with Gasteiger partial charge in [-0.2, -0.15) is 0 Å². The first kappa shape index (κ1) is 34.9. The minimum absolute atomic E-state index is 0.0851. The lowest BCUT2D eigenvalue weighted by Crippen LogP contribution is -2.62. The van der Waals surface area contributed by atoms with Crippen molar-refractivity contribution in [3.63, 3.8) is 0 Å². The zero-order valence-corrected chi connectivity index (χ0v) is 27.2. The van der Waals surface area contributed by atoms with Gasteiger partial charge in [0, 0.05) is 43.3 Å². The summed E-state index contributed by atoms with van der Waals surface area (Å²) in [6, 6.07) is 10.8. The Morgan fingerprint density at radius 1 is 1.08 bits per heavy atom. The number of H-pyrrole nitrogens is 1. The van der Waals surface area contributed by atoms with Crippen LogP contribution in [0.5, 0.6) is 5.75 Å². The predicted molar refractivity (Wildman–Crippen MR) is 186 cm³/mol. The molecule has 1 saturated heterocycles. The quantitative estimate of drug-likeness (QED) is 0.127. The molecular weight excluding hydrogens is 608 g/mol. The van der Waals surface area contributed by atoms with E-state index in [1.165, 1.54) is 19.1 Å². The Morgan fingerprint density at radius 2 is 1.85 bits per heavy atom. The zero-order chi connectivity index (χ0) is 34.3. The van der Waals surface area contributed by atoms with Crippen molar-refractivity contribution in [1.29, 1.82) is 0 Å². The molecule has 0 bridgehead atoms. The largest absolute Gasteiger partial charge is 0.508 e. The number of hydrogen-bond donors (Lipinski definition) is 7. The molecular formula is C37H46N6O5. The Bertz CT molecular complexity index is 1680. The van der Waals surface area contributed by atoms with Gasteiger partial charge in [0.1, 0.15) is 11.8 Å². The number of benzene rings is 2. The normalized spacial score (nSPS) is 22.4.